The Bertz CT molecular complexity index is 517. The largest absolute Gasteiger partial charge is 0.399 e. The summed E-state index contributed by atoms with van der Waals surface area (Å²) in [5.41, 5.74) is 6.73. The second kappa shape index (κ2) is 5.31. The highest BCUT2D eigenvalue weighted by Gasteiger charge is 2.51. The summed E-state index contributed by atoms with van der Waals surface area (Å²) >= 11 is 0. The third-order valence-corrected chi connectivity index (χ3v) is 4.72. The molecule has 114 valence electrons. The lowest BCUT2D eigenvalue weighted by Crippen LogP contribution is -2.47. The molecule has 0 aromatic heterocycles. The molecule has 1 atom stereocenters. The third kappa shape index (κ3) is 2.63. The third-order valence-electron chi connectivity index (χ3n) is 4.72. The van der Waals surface area contributed by atoms with Crippen molar-refractivity contribution in [2.24, 2.45) is 0 Å². The van der Waals surface area contributed by atoms with Gasteiger partial charge in [-0.05, 0) is 30.5 Å². The molecular weight excluding hydrogens is 268 g/mol. The number of nitrogens with one attached hydrogen (secondary N) is 1. The van der Waals surface area contributed by atoms with Gasteiger partial charge >= 0.3 is 0 Å². The van der Waals surface area contributed by atoms with Crippen LogP contribution in [0.25, 0.3) is 0 Å². The number of carbonyl (C=O) groups excluding carboxylic acids is 1. The number of hydrogen-bond donors (Lipinski definition) is 2. The van der Waals surface area contributed by atoms with Crippen LogP contribution in [-0.2, 0) is 19.7 Å². The van der Waals surface area contributed by atoms with Crippen LogP contribution < -0.4 is 11.1 Å². The lowest BCUT2D eigenvalue weighted by molar-refractivity contribution is -0.125. The molecule has 1 saturated carbocycles. The minimum Gasteiger partial charge on any atom is -0.399 e. The van der Waals surface area contributed by atoms with E-state index in [-0.39, 0.29) is 16.9 Å². The summed E-state index contributed by atoms with van der Waals surface area (Å²) in [6.45, 7) is 1.73. The van der Waals surface area contributed by atoms with Crippen molar-refractivity contribution in [3.63, 3.8) is 0 Å². The Hall–Kier alpha value is -1.59. The first-order valence-corrected chi connectivity index (χ1v) is 7.38. The molecule has 0 bridgehead atoms. The molecule has 2 aliphatic rings. The Kier molecular flexibility index (Phi) is 3.63. The number of anilines is 1. The van der Waals surface area contributed by atoms with Gasteiger partial charge in [-0.2, -0.15) is 0 Å². The SMILES string of the molecule is COC1(CNC(=O)C2(c3ccc(N)cc3)CC2)CCOC1. The molecular formula is C16H22N2O3. The molecule has 5 nitrogen and oxygen atoms in total. The van der Waals surface area contributed by atoms with Gasteiger partial charge in [0.2, 0.25) is 5.91 Å². The number of ether oxygens (including phenoxy) is 2. The van der Waals surface area contributed by atoms with E-state index in [9.17, 15) is 4.79 Å². The number of rotatable bonds is 5. The van der Waals surface area contributed by atoms with Crippen LogP contribution in [0.1, 0.15) is 24.8 Å². The number of hydrogen-bond acceptors (Lipinski definition) is 4. The van der Waals surface area contributed by atoms with E-state index in [1.807, 2.05) is 24.3 Å². The quantitative estimate of drug-likeness (QED) is 0.800. The highest BCUT2D eigenvalue weighted by atomic mass is 16.5. The normalized spacial score (nSPS) is 26.5. The van der Waals surface area contributed by atoms with Crippen LogP contribution >= 0.6 is 0 Å². The monoisotopic (exact) mass is 290 g/mol. The van der Waals surface area contributed by atoms with E-state index in [2.05, 4.69) is 5.32 Å². The summed E-state index contributed by atoms with van der Waals surface area (Å²) in [6.07, 6.45) is 2.59. The first-order valence-electron chi connectivity index (χ1n) is 7.38. The number of carbonyl (C=O) groups is 1. The highest BCUT2D eigenvalue weighted by molar-refractivity contribution is 5.91. The van der Waals surface area contributed by atoms with E-state index in [0.717, 1.165) is 30.5 Å². The fraction of sp³-hybridized carbons (Fsp3) is 0.562. The van der Waals surface area contributed by atoms with E-state index in [1.54, 1.807) is 7.11 Å². The minimum atomic E-state index is -0.373. The zero-order chi connectivity index (χ0) is 14.9. The topological polar surface area (TPSA) is 73.6 Å². The molecule has 0 radical (unpaired) electrons. The summed E-state index contributed by atoms with van der Waals surface area (Å²) in [7, 11) is 1.67. The van der Waals surface area contributed by atoms with Gasteiger partial charge in [0.15, 0.2) is 0 Å². The summed E-state index contributed by atoms with van der Waals surface area (Å²) in [4.78, 5) is 12.6. The summed E-state index contributed by atoms with van der Waals surface area (Å²) < 4.78 is 10.9. The van der Waals surface area contributed by atoms with Gasteiger partial charge in [0, 0.05) is 32.4 Å². The van der Waals surface area contributed by atoms with Gasteiger partial charge < -0.3 is 20.5 Å². The molecule has 1 aromatic rings. The first-order chi connectivity index (χ1) is 10.1. The zero-order valence-electron chi connectivity index (χ0n) is 12.4. The van der Waals surface area contributed by atoms with Gasteiger partial charge in [-0.15, -0.1) is 0 Å². The maximum absolute atomic E-state index is 12.6. The predicted octanol–water partition coefficient (Wildman–Crippen LogP) is 1.22. The van der Waals surface area contributed by atoms with Gasteiger partial charge in [0.05, 0.1) is 12.0 Å². The number of methoxy groups -OCH3 is 1. The second-order valence-electron chi connectivity index (χ2n) is 6.08. The van der Waals surface area contributed by atoms with Gasteiger partial charge in [-0.3, -0.25) is 4.79 Å². The van der Waals surface area contributed by atoms with Crippen LogP contribution in [0.15, 0.2) is 24.3 Å². The molecule has 3 rings (SSSR count). The smallest absolute Gasteiger partial charge is 0.230 e. The van der Waals surface area contributed by atoms with Gasteiger partial charge in [0.1, 0.15) is 5.60 Å². The van der Waals surface area contributed by atoms with E-state index in [4.69, 9.17) is 15.2 Å². The maximum Gasteiger partial charge on any atom is 0.230 e. The Labute approximate surface area is 124 Å². The Balaban J connectivity index is 1.66. The second-order valence-corrected chi connectivity index (χ2v) is 6.08. The van der Waals surface area contributed by atoms with Crippen molar-refractivity contribution < 1.29 is 14.3 Å². The molecule has 3 N–H and O–H groups in total. The molecule has 21 heavy (non-hydrogen) atoms. The van der Waals surface area contributed by atoms with Crippen molar-refractivity contribution >= 4 is 11.6 Å². The van der Waals surface area contributed by atoms with Crippen molar-refractivity contribution in [1.82, 2.24) is 5.32 Å². The fourth-order valence-corrected chi connectivity index (χ4v) is 2.95. The summed E-state index contributed by atoms with van der Waals surface area (Å²) in [6, 6.07) is 7.60. The van der Waals surface area contributed by atoms with Crippen LogP contribution in [-0.4, -0.2) is 38.4 Å². The molecule has 1 aliphatic heterocycles. The number of nitrogen functional groups attached to an aromatic ring is 1. The minimum absolute atomic E-state index is 0.0793. The number of benzene rings is 1. The first kappa shape index (κ1) is 14.4. The van der Waals surface area contributed by atoms with E-state index in [1.165, 1.54) is 0 Å². The van der Waals surface area contributed by atoms with Crippen LogP contribution in [0, 0.1) is 0 Å². The van der Waals surface area contributed by atoms with Gasteiger partial charge in [0.25, 0.3) is 0 Å². The molecule has 1 amide bonds. The van der Waals surface area contributed by atoms with Crippen LogP contribution in [0.4, 0.5) is 5.69 Å². The average molecular weight is 290 g/mol. The molecule has 2 fully saturated rings. The lowest BCUT2D eigenvalue weighted by atomic mass is 9.94. The Morgan fingerprint density at radius 1 is 1.33 bits per heavy atom. The molecule has 1 aliphatic carbocycles. The molecule has 1 saturated heterocycles. The average Bonchev–Trinajstić information content (AvgIpc) is 3.18. The van der Waals surface area contributed by atoms with Crippen LogP contribution in [0.3, 0.4) is 0 Å². The Morgan fingerprint density at radius 3 is 2.57 bits per heavy atom. The fourth-order valence-electron chi connectivity index (χ4n) is 2.95. The van der Waals surface area contributed by atoms with E-state index >= 15 is 0 Å². The van der Waals surface area contributed by atoms with Crippen LogP contribution in [0.2, 0.25) is 0 Å². The van der Waals surface area contributed by atoms with Crippen LogP contribution in [0.5, 0.6) is 0 Å². The number of amides is 1. The van der Waals surface area contributed by atoms with Gasteiger partial charge in [-0.25, -0.2) is 0 Å². The standard InChI is InChI=1S/C16H22N2O3/c1-20-15(8-9-21-11-15)10-18-14(19)16(6-7-16)12-2-4-13(17)5-3-12/h2-5H,6-11,17H2,1H3,(H,18,19). The lowest BCUT2D eigenvalue weighted by Gasteiger charge is -2.27. The van der Waals surface area contributed by atoms with Crippen molar-refractivity contribution in [2.75, 3.05) is 32.6 Å². The molecule has 1 heterocycles. The van der Waals surface area contributed by atoms with Crippen molar-refractivity contribution in [3.8, 4) is 0 Å². The highest BCUT2D eigenvalue weighted by Crippen LogP contribution is 2.48. The predicted molar refractivity (Wildman–Crippen MR) is 80.0 cm³/mol. The maximum atomic E-state index is 12.6. The zero-order valence-corrected chi connectivity index (χ0v) is 12.4. The summed E-state index contributed by atoms with van der Waals surface area (Å²) in [5.74, 6) is 0.0793. The van der Waals surface area contributed by atoms with Crippen molar-refractivity contribution in [1.29, 1.82) is 0 Å². The summed E-state index contributed by atoms with van der Waals surface area (Å²) in [5, 5.41) is 3.06. The van der Waals surface area contributed by atoms with Crippen molar-refractivity contribution in [2.45, 2.75) is 30.3 Å². The Morgan fingerprint density at radius 2 is 2.05 bits per heavy atom. The number of nitrogens with two attached hydrogens (primary N) is 1. The van der Waals surface area contributed by atoms with Gasteiger partial charge in [-0.1, -0.05) is 12.1 Å². The van der Waals surface area contributed by atoms with E-state index < -0.39 is 0 Å². The molecule has 1 aromatic carbocycles. The molecule has 0 spiro atoms. The molecule has 5 heteroatoms. The van der Waals surface area contributed by atoms with Crippen molar-refractivity contribution in [3.05, 3.63) is 29.8 Å². The van der Waals surface area contributed by atoms with E-state index in [0.29, 0.717) is 19.8 Å². The molecule has 1 unspecified atom stereocenters.